The Morgan fingerprint density at radius 2 is 1.51 bits per heavy atom. The number of carbonyl (C=O) groups is 1. The summed E-state index contributed by atoms with van der Waals surface area (Å²) in [4.78, 5) is 15.2. The summed E-state index contributed by atoms with van der Waals surface area (Å²) in [6, 6.07) is 22.9. The minimum absolute atomic E-state index is 0. The fourth-order valence-corrected chi connectivity index (χ4v) is 5.53. The number of rotatable bonds is 6. The number of nitrogens with zero attached hydrogens (tertiary/aromatic N) is 2. The van der Waals surface area contributed by atoms with Crippen LogP contribution >= 0.6 is 0 Å². The van der Waals surface area contributed by atoms with Crippen LogP contribution in [0, 0.1) is 11.6 Å². The predicted molar refractivity (Wildman–Crippen MR) is 128 cm³/mol. The van der Waals surface area contributed by atoms with Gasteiger partial charge in [-0.05, 0) is 41.0 Å². The van der Waals surface area contributed by atoms with Crippen LogP contribution in [0.2, 0.25) is 0 Å². The second-order valence-electron chi connectivity index (χ2n) is 9.90. The van der Waals surface area contributed by atoms with Gasteiger partial charge in [0.05, 0.1) is 39.3 Å². The van der Waals surface area contributed by atoms with Crippen LogP contribution in [0.1, 0.15) is 23.1 Å². The summed E-state index contributed by atoms with van der Waals surface area (Å²) in [5, 5.41) is 3.19. The molecule has 0 spiro atoms. The molecule has 184 valence electrons. The van der Waals surface area contributed by atoms with Crippen LogP contribution in [-0.2, 0) is 12.0 Å². The Labute approximate surface area is 222 Å². The highest BCUT2D eigenvalue weighted by Crippen LogP contribution is 2.37. The number of likely N-dealkylation sites (tertiary alicyclic amines) is 1. The van der Waals surface area contributed by atoms with Crippen LogP contribution in [0.4, 0.5) is 13.6 Å². The molecule has 2 unspecified atom stereocenters. The molecular weight excluding hydrogens is 559 g/mol. The van der Waals surface area contributed by atoms with Crippen molar-refractivity contribution in [2.75, 3.05) is 33.2 Å². The van der Waals surface area contributed by atoms with Crippen LogP contribution in [0.3, 0.4) is 0 Å². The van der Waals surface area contributed by atoms with Gasteiger partial charge in [-0.15, -0.1) is 0 Å². The van der Waals surface area contributed by atoms with Crippen LogP contribution in [-0.4, -0.2) is 54.7 Å². The van der Waals surface area contributed by atoms with Crippen molar-refractivity contribution in [1.29, 1.82) is 0 Å². The van der Waals surface area contributed by atoms with Crippen LogP contribution in [0.5, 0.6) is 0 Å². The van der Waals surface area contributed by atoms with Crippen LogP contribution in [0.25, 0.3) is 0 Å². The largest absolute Gasteiger partial charge is 1.00 e. The quantitative estimate of drug-likeness (QED) is 0.345. The van der Waals surface area contributed by atoms with Crippen molar-refractivity contribution in [2.45, 2.75) is 24.4 Å². The first kappa shape index (κ1) is 25.6. The van der Waals surface area contributed by atoms with Gasteiger partial charge in [0, 0.05) is 12.8 Å². The summed E-state index contributed by atoms with van der Waals surface area (Å²) in [6.45, 7) is 3.36. The molecule has 0 aliphatic carbocycles. The normalized spacial score (nSPS) is 23.1. The molecule has 35 heavy (non-hydrogen) atoms. The molecule has 2 heterocycles. The first-order chi connectivity index (χ1) is 16.4. The van der Waals surface area contributed by atoms with Crippen LogP contribution < -0.4 is 29.3 Å². The van der Waals surface area contributed by atoms with Gasteiger partial charge in [-0.25, -0.2) is 13.6 Å². The first-order valence-corrected chi connectivity index (χ1v) is 11.9. The Morgan fingerprint density at radius 3 is 2.09 bits per heavy atom. The lowest BCUT2D eigenvalue weighted by Crippen LogP contribution is -3.00. The Hall–Kier alpha value is -2.52. The zero-order valence-corrected chi connectivity index (χ0v) is 21.9. The number of halogens is 3. The van der Waals surface area contributed by atoms with Gasteiger partial charge in [-0.3, -0.25) is 0 Å². The molecule has 0 bridgehead atoms. The van der Waals surface area contributed by atoms with E-state index in [-0.39, 0.29) is 47.7 Å². The van der Waals surface area contributed by atoms with E-state index in [0.717, 1.165) is 48.1 Å². The van der Waals surface area contributed by atoms with E-state index in [2.05, 4.69) is 36.6 Å². The maximum absolute atomic E-state index is 13.7. The lowest BCUT2D eigenvalue weighted by Gasteiger charge is -2.32. The molecule has 4 nitrogen and oxygen atoms in total. The molecule has 0 radical (unpaired) electrons. The van der Waals surface area contributed by atoms with Gasteiger partial charge in [-0.1, -0.05) is 54.6 Å². The molecule has 2 amide bonds. The number of urea groups is 1. The molecule has 7 heteroatoms. The molecular formula is C28H30F2IN3O. The molecule has 3 aromatic rings. The van der Waals surface area contributed by atoms with Gasteiger partial charge < -0.3 is 38.7 Å². The number of benzene rings is 3. The van der Waals surface area contributed by atoms with Crippen molar-refractivity contribution in [3.8, 4) is 0 Å². The number of amides is 2. The minimum Gasteiger partial charge on any atom is -1.00 e. The van der Waals surface area contributed by atoms with E-state index in [1.807, 2.05) is 11.0 Å². The fraction of sp³-hybridized carbons (Fsp3) is 0.321. The summed E-state index contributed by atoms with van der Waals surface area (Å²) in [7, 11) is 2.27. The molecule has 0 aromatic heterocycles. The lowest BCUT2D eigenvalue weighted by molar-refractivity contribution is -0.898. The zero-order valence-electron chi connectivity index (χ0n) is 19.8. The third kappa shape index (κ3) is 5.21. The van der Waals surface area contributed by atoms with Crippen LogP contribution in [0.15, 0.2) is 78.9 Å². The maximum Gasteiger partial charge on any atom is 0.319 e. The highest BCUT2D eigenvalue weighted by atomic mass is 127. The third-order valence-corrected chi connectivity index (χ3v) is 7.54. The smallest absolute Gasteiger partial charge is 0.319 e. The summed E-state index contributed by atoms with van der Waals surface area (Å²) in [6.07, 6.45) is 1.94. The summed E-state index contributed by atoms with van der Waals surface area (Å²) in [5.74, 6) is -0.664. The van der Waals surface area contributed by atoms with E-state index in [1.165, 1.54) is 29.8 Å². The Bertz CT molecular complexity index is 1110. The van der Waals surface area contributed by atoms with E-state index in [0.29, 0.717) is 6.54 Å². The Balaban J connectivity index is 0.00000289. The van der Waals surface area contributed by atoms with Crippen molar-refractivity contribution in [3.63, 3.8) is 0 Å². The number of nitrogens with one attached hydrogen (secondary N) is 1. The molecule has 0 saturated carbocycles. The average molecular weight is 589 g/mol. The van der Waals surface area contributed by atoms with Gasteiger partial charge >= 0.3 is 6.03 Å². The van der Waals surface area contributed by atoms with E-state index in [4.69, 9.17) is 0 Å². The van der Waals surface area contributed by atoms with E-state index in [9.17, 15) is 13.6 Å². The van der Waals surface area contributed by atoms with Crippen molar-refractivity contribution >= 4 is 6.03 Å². The monoisotopic (exact) mass is 589 g/mol. The van der Waals surface area contributed by atoms with Crippen molar-refractivity contribution < 1.29 is 42.0 Å². The average Bonchev–Trinajstić information content (AvgIpc) is 3.40. The SMILES string of the molecule is C[N+]1(CCc2ccccc2)CCC(N2CC(c3ccc(F)cc3)(c3ccc(F)cc3)NC2=O)C1.[I-]. The fourth-order valence-electron chi connectivity index (χ4n) is 5.53. The molecule has 2 aliphatic heterocycles. The zero-order chi connectivity index (χ0) is 23.8. The van der Waals surface area contributed by atoms with Crippen molar-refractivity contribution in [3.05, 3.63) is 107 Å². The topological polar surface area (TPSA) is 32.3 Å². The van der Waals surface area contributed by atoms with E-state index in [1.54, 1.807) is 24.3 Å². The summed E-state index contributed by atoms with van der Waals surface area (Å²) >= 11 is 0. The minimum atomic E-state index is -0.853. The number of quaternary nitrogens is 1. The number of hydrogen-bond donors (Lipinski definition) is 1. The van der Waals surface area contributed by atoms with Gasteiger partial charge in [-0.2, -0.15) is 0 Å². The molecule has 2 fully saturated rings. The predicted octanol–water partition coefficient (Wildman–Crippen LogP) is 1.70. The highest BCUT2D eigenvalue weighted by molar-refractivity contribution is 5.80. The Kier molecular flexibility index (Phi) is 7.47. The second-order valence-corrected chi connectivity index (χ2v) is 9.90. The standard InChI is InChI=1S/C28H29F2N3O.HI/c1-33(17-15-21-5-3-2-4-6-21)18-16-26(19-33)32-20-28(31-27(32)34,22-7-11-24(29)12-8-22)23-9-13-25(30)14-10-23;/h2-14,26H,15-20H2,1H3;1H. The maximum atomic E-state index is 13.7. The van der Waals surface area contributed by atoms with E-state index >= 15 is 0 Å². The van der Waals surface area contributed by atoms with Gasteiger partial charge in [0.25, 0.3) is 0 Å². The molecule has 2 aliphatic rings. The lowest BCUT2D eigenvalue weighted by atomic mass is 9.83. The summed E-state index contributed by atoms with van der Waals surface area (Å²) < 4.78 is 28.3. The molecule has 2 saturated heterocycles. The molecule has 3 aromatic carbocycles. The number of hydrogen-bond acceptors (Lipinski definition) is 1. The summed E-state index contributed by atoms with van der Waals surface area (Å²) in [5.41, 5.74) is 2.05. The van der Waals surface area contributed by atoms with Crippen molar-refractivity contribution in [1.82, 2.24) is 10.2 Å². The molecule has 5 rings (SSSR count). The Morgan fingerprint density at radius 1 is 0.943 bits per heavy atom. The highest BCUT2D eigenvalue weighted by Gasteiger charge is 2.50. The third-order valence-electron chi connectivity index (χ3n) is 7.54. The van der Waals surface area contributed by atoms with Gasteiger partial charge in [0.2, 0.25) is 0 Å². The number of likely N-dealkylation sites (N-methyl/N-ethyl adjacent to an activating group) is 1. The van der Waals surface area contributed by atoms with Gasteiger partial charge in [0.1, 0.15) is 17.2 Å². The first-order valence-electron chi connectivity index (χ1n) is 11.9. The van der Waals surface area contributed by atoms with Gasteiger partial charge in [0.15, 0.2) is 0 Å². The van der Waals surface area contributed by atoms with Crippen molar-refractivity contribution in [2.24, 2.45) is 0 Å². The number of carbonyl (C=O) groups excluding carboxylic acids is 1. The molecule has 2 atom stereocenters. The second kappa shape index (κ2) is 10.2. The molecule has 1 N–H and O–H groups in total. The van der Waals surface area contributed by atoms with E-state index < -0.39 is 5.54 Å².